The summed E-state index contributed by atoms with van der Waals surface area (Å²) in [5, 5.41) is 1.73. The van der Waals surface area contributed by atoms with Crippen LogP contribution in [0.4, 0.5) is 0 Å². The number of nitrogens with zero attached hydrogens (tertiary/aromatic N) is 3. The molecule has 4 rings (SSSR count). The van der Waals surface area contributed by atoms with Gasteiger partial charge < -0.3 is 4.90 Å². The van der Waals surface area contributed by atoms with Crippen LogP contribution < -0.4 is 0 Å². The molecule has 1 atom stereocenters. The van der Waals surface area contributed by atoms with E-state index in [1.807, 2.05) is 29.2 Å². The average molecular weight is 406 g/mol. The largest absolute Gasteiger partial charge is 0.335 e. The highest BCUT2D eigenvalue weighted by atomic mass is 32.2. The van der Waals surface area contributed by atoms with Crippen molar-refractivity contribution in [3.8, 4) is 0 Å². The van der Waals surface area contributed by atoms with Crippen LogP contribution in [0, 0.1) is 0 Å². The minimum Gasteiger partial charge on any atom is -0.335 e. The van der Waals surface area contributed by atoms with E-state index in [0.717, 1.165) is 41.6 Å². The number of sulfone groups is 1. The average Bonchev–Trinajstić information content (AvgIpc) is 3.30. The quantitative estimate of drug-likeness (QED) is 0.562. The van der Waals surface area contributed by atoms with Crippen molar-refractivity contribution in [1.29, 1.82) is 0 Å². The summed E-state index contributed by atoms with van der Waals surface area (Å²) in [5.41, 5.74) is 0.858. The Morgan fingerprint density at radius 2 is 1.89 bits per heavy atom. The Bertz CT molecular complexity index is 937. The van der Waals surface area contributed by atoms with Gasteiger partial charge in [-0.25, -0.2) is 18.4 Å². The molecule has 1 aliphatic heterocycles. The van der Waals surface area contributed by atoms with Gasteiger partial charge in [0.1, 0.15) is 11.4 Å². The predicted molar refractivity (Wildman–Crippen MR) is 106 cm³/mol. The van der Waals surface area contributed by atoms with E-state index in [4.69, 9.17) is 0 Å². The number of benzene rings is 1. The highest BCUT2D eigenvalue weighted by Crippen LogP contribution is 2.31. The van der Waals surface area contributed by atoms with Gasteiger partial charge in [-0.2, -0.15) is 0 Å². The lowest BCUT2D eigenvalue weighted by molar-refractivity contribution is -0.132. The molecule has 0 spiro atoms. The Kier molecular flexibility index (Phi) is 5.36. The molecule has 0 unspecified atom stereocenters. The smallest absolute Gasteiger partial charge is 0.233 e. The van der Waals surface area contributed by atoms with Crippen LogP contribution in [-0.4, -0.2) is 58.5 Å². The first kappa shape index (κ1) is 18.7. The zero-order valence-electron chi connectivity index (χ0n) is 15.1. The van der Waals surface area contributed by atoms with Gasteiger partial charge in [0.05, 0.1) is 22.8 Å². The third kappa shape index (κ3) is 4.11. The molecule has 144 valence electrons. The van der Waals surface area contributed by atoms with Crippen molar-refractivity contribution < 1.29 is 13.2 Å². The Morgan fingerprint density at radius 3 is 2.63 bits per heavy atom. The normalized spacial score (nSPS) is 22.3. The molecule has 27 heavy (non-hydrogen) atoms. The molecule has 8 heteroatoms. The Hall–Kier alpha value is -1.67. The SMILES string of the molecule is O=C(CSc1ncnc2ccccc12)N(C1CCCC1)[C@H]1CCS(=O)(=O)C1. The zero-order chi connectivity index (χ0) is 18.9. The lowest BCUT2D eigenvalue weighted by atomic mass is 10.1. The molecule has 1 aromatic carbocycles. The van der Waals surface area contributed by atoms with Crippen LogP contribution in [0.2, 0.25) is 0 Å². The maximum atomic E-state index is 13.1. The van der Waals surface area contributed by atoms with Gasteiger partial charge in [0.15, 0.2) is 9.84 Å². The first-order chi connectivity index (χ1) is 13.0. The molecule has 0 N–H and O–H groups in total. The summed E-state index contributed by atoms with van der Waals surface area (Å²) in [4.78, 5) is 23.6. The molecule has 1 aliphatic carbocycles. The zero-order valence-corrected chi connectivity index (χ0v) is 16.7. The topological polar surface area (TPSA) is 80.2 Å². The minimum atomic E-state index is -3.02. The van der Waals surface area contributed by atoms with E-state index in [1.165, 1.54) is 18.1 Å². The number of hydrogen-bond acceptors (Lipinski definition) is 6. The molecule has 1 saturated carbocycles. The van der Waals surface area contributed by atoms with E-state index in [0.29, 0.717) is 6.42 Å². The van der Waals surface area contributed by atoms with E-state index in [9.17, 15) is 13.2 Å². The third-order valence-electron chi connectivity index (χ3n) is 5.45. The summed E-state index contributed by atoms with van der Waals surface area (Å²) >= 11 is 1.41. The van der Waals surface area contributed by atoms with Gasteiger partial charge in [-0.15, -0.1) is 0 Å². The number of aromatic nitrogens is 2. The lowest BCUT2D eigenvalue weighted by Gasteiger charge is -2.34. The van der Waals surface area contributed by atoms with E-state index in [2.05, 4.69) is 9.97 Å². The Morgan fingerprint density at radius 1 is 1.11 bits per heavy atom. The fourth-order valence-electron chi connectivity index (χ4n) is 4.18. The fraction of sp³-hybridized carbons (Fsp3) is 0.526. The van der Waals surface area contributed by atoms with Gasteiger partial charge in [-0.3, -0.25) is 4.79 Å². The molecule has 6 nitrogen and oxygen atoms in total. The molecule has 1 aromatic heterocycles. The highest BCUT2D eigenvalue weighted by Gasteiger charge is 2.38. The molecule has 0 bridgehead atoms. The van der Waals surface area contributed by atoms with Crippen LogP contribution in [0.15, 0.2) is 35.6 Å². The summed E-state index contributed by atoms with van der Waals surface area (Å²) in [6, 6.07) is 7.76. The van der Waals surface area contributed by atoms with Crippen molar-refractivity contribution in [1.82, 2.24) is 14.9 Å². The molecule has 2 fully saturated rings. The second-order valence-corrected chi connectivity index (χ2v) is 10.5. The van der Waals surface area contributed by atoms with E-state index in [1.54, 1.807) is 0 Å². The summed E-state index contributed by atoms with van der Waals surface area (Å²) in [7, 11) is -3.02. The number of amides is 1. The number of rotatable bonds is 5. The molecule has 2 aliphatic rings. The molecule has 2 heterocycles. The maximum Gasteiger partial charge on any atom is 0.233 e. The van der Waals surface area contributed by atoms with Gasteiger partial charge in [-0.05, 0) is 25.3 Å². The Balaban J connectivity index is 1.51. The van der Waals surface area contributed by atoms with Crippen LogP contribution >= 0.6 is 11.8 Å². The van der Waals surface area contributed by atoms with Crippen LogP contribution in [-0.2, 0) is 14.6 Å². The second kappa shape index (κ2) is 7.75. The van der Waals surface area contributed by atoms with Crippen molar-refractivity contribution in [2.45, 2.75) is 49.2 Å². The van der Waals surface area contributed by atoms with Gasteiger partial charge in [0, 0.05) is 17.5 Å². The van der Waals surface area contributed by atoms with Crippen molar-refractivity contribution in [2.75, 3.05) is 17.3 Å². The number of carbonyl (C=O) groups excluding carboxylic acids is 1. The van der Waals surface area contributed by atoms with E-state index < -0.39 is 9.84 Å². The van der Waals surface area contributed by atoms with Crippen LogP contribution in [0.25, 0.3) is 10.9 Å². The number of thioether (sulfide) groups is 1. The summed E-state index contributed by atoms with van der Waals surface area (Å²) in [6.07, 6.45) is 6.25. The first-order valence-electron chi connectivity index (χ1n) is 9.38. The second-order valence-electron chi connectivity index (χ2n) is 7.28. The third-order valence-corrected chi connectivity index (χ3v) is 8.19. The summed E-state index contributed by atoms with van der Waals surface area (Å²) < 4.78 is 23.9. The van der Waals surface area contributed by atoms with Crippen molar-refractivity contribution in [3.05, 3.63) is 30.6 Å². The van der Waals surface area contributed by atoms with E-state index in [-0.39, 0.29) is 35.2 Å². The molecule has 2 aromatic rings. The molecular formula is C19H23N3O3S2. The van der Waals surface area contributed by atoms with Crippen LogP contribution in [0.5, 0.6) is 0 Å². The summed E-state index contributed by atoms with van der Waals surface area (Å²) in [6.45, 7) is 0. The summed E-state index contributed by atoms with van der Waals surface area (Å²) in [5.74, 6) is 0.596. The van der Waals surface area contributed by atoms with E-state index >= 15 is 0 Å². The number of hydrogen-bond donors (Lipinski definition) is 0. The first-order valence-corrected chi connectivity index (χ1v) is 12.2. The standard InChI is InChI=1S/C19H23N3O3S2/c23-18(11-26-19-16-7-3-4-8-17(16)20-13-21-19)22(14-5-1-2-6-14)15-9-10-27(24,25)12-15/h3-4,7-8,13-15H,1-2,5-6,9-12H2/t15-/m0/s1. The predicted octanol–water partition coefficient (Wildman–Crippen LogP) is 2.68. The molecule has 1 amide bonds. The van der Waals surface area contributed by atoms with Crippen molar-refractivity contribution >= 4 is 38.4 Å². The molecule has 0 radical (unpaired) electrons. The molecular weight excluding hydrogens is 382 g/mol. The highest BCUT2D eigenvalue weighted by molar-refractivity contribution is 8.00. The van der Waals surface area contributed by atoms with Crippen LogP contribution in [0.1, 0.15) is 32.1 Å². The van der Waals surface area contributed by atoms with Gasteiger partial charge in [0.2, 0.25) is 5.91 Å². The van der Waals surface area contributed by atoms with Crippen molar-refractivity contribution in [2.24, 2.45) is 0 Å². The van der Waals surface area contributed by atoms with Gasteiger partial charge in [-0.1, -0.05) is 42.8 Å². The van der Waals surface area contributed by atoms with Crippen molar-refractivity contribution in [3.63, 3.8) is 0 Å². The fourth-order valence-corrected chi connectivity index (χ4v) is 6.75. The lowest BCUT2D eigenvalue weighted by Crippen LogP contribution is -2.47. The Labute approximate surface area is 163 Å². The number of fused-ring (bicyclic) bond motifs is 1. The number of para-hydroxylation sites is 1. The maximum absolute atomic E-state index is 13.1. The van der Waals surface area contributed by atoms with Gasteiger partial charge in [0.25, 0.3) is 0 Å². The monoisotopic (exact) mass is 405 g/mol. The van der Waals surface area contributed by atoms with Crippen LogP contribution in [0.3, 0.4) is 0 Å². The minimum absolute atomic E-state index is 0.0247. The van der Waals surface area contributed by atoms with Gasteiger partial charge >= 0.3 is 0 Å². The number of carbonyl (C=O) groups is 1. The molecule has 1 saturated heterocycles.